The average Bonchev–Trinajstić information content (AvgIpc) is 2.36. The van der Waals surface area contributed by atoms with Crippen LogP contribution in [0.5, 0.6) is 5.75 Å². The Morgan fingerprint density at radius 3 is 2.65 bits per heavy atom. The zero-order valence-corrected chi connectivity index (χ0v) is 14.0. The van der Waals surface area contributed by atoms with E-state index in [0.717, 1.165) is 22.0 Å². The van der Waals surface area contributed by atoms with Gasteiger partial charge < -0.3 is 10.1 Å². The summed E-state index contributed by atoms with van der Waals surface area (Å²) >= 11 is 6.17. The number of halogens is 1. The molecule has 2 nitrogen and oxygen atoms in total. The van der Waals surface area contributed by atoms with E-state index in [1.54, 1.807) is 7.11 Å². The summed E-state index contributed by atoms with van der Waals surface area (Å²) in [5, 5.41) is 4.43. The predicted octanol–water partition coefficient (Wildman–Crippen LogP) is 5.28. The van der Waals surface area contributed by atoms with Crippen molar-refractivity contribution in [2.45, 2.75) is 53.0 Å². The van der Waals surface area contributed by atoms with Crippen LogP contribution >= 0.6 is 11.6 Å². The number of hydrogen-bond donors (Lipinski definition) is 1. The Morgan fingerprint density at radius 2 is 2.05 bits per heavy atom. The molecule has 20 heavy (non-hydrogen) atoms. The van der Waals surface area contributed by atoms with Crippen LogP contribution in [0.25, 0.3) is 0 Å². The Bertz CT molecular complexity index is 484. The van der Waals surface area contributed by atoms with Crippen molar-refractivity contribution < 1.29 is 4.74 Å². The van der Waals surface area contributed by atoms with Gasteiger partial charge in [-0.3, -0.25) is 0 Å². The molecule has 112 valence electrons. The van der Waals surface area contributed by atoms with Gasteiger partial charge in [-0.25, -0.2) is 0 Å². The lowest BCUT2D eigenvalue weighted by Gasteiger charge is -2.40. The summed E-state index contributed by atoms with van der Waals surface area (Å²) < 4.78 is 5.45. The summed E-state index contributed by atoms with van der Waals surface area (Å²) in [6, 6.07) is 4.50. The zero-order valence-electron chi connectivity index (χ0n) is 13.2. The number of anilines is 1. The molecule has 3 heteroatoms. The van der Waals surface area contributed by atoms with Gasteiger partial charge in [0, 0.05) is 17.1 Å². The van der Waals surface area contributed by atoms with Crippen molar-refractivity contribution in [3.63, 3.8) is 0 Å². The van der Waals surface area contributed by atoms with Crippen LogP contribution in [0.4, 0.5) is 5.69 Å². The van der Waals surface area contributed by atoms with Gasteiger partial charge in [0.2, 0.25) is 0 Å². The highest BCUT2D eigenvalue weighted by Crippen LogP contribution is 2.41. The largest absolute Gasteiger partial charge is 0.495 e. The molecule has 1 saturated carbocycles. The molecule has 0 radical (unpaired) electrons. The van der Waals surface area contributed by atoms with Crippen LogP contribution < -0.4 is 10.1 Å². The Balaban J connectivity index is 2.16. The van der Waals surface area contributed by atoms with Crippen molar-refractivity contribution in [1.29, 1.82) is 0 Å². The molecule has 0 spiro atoms. The standard InChI is InChI=1S/C17H26ClNO/c1-11-8-15(16(20-5)9-13(11)18)19-14-6-7-17(3,4)10-12(14)2/h8-9,12,14,19H,6-7,10H2,1-5H3. The number of hydrogen-bond acceptors (Lipinski definition) is 2. The van der Waals surface area contributed by atoms with E-state index in [4.69, 9.17) is 16.3 Å². The maximum atomic E-state index is 6.17. The molecule has 2 atom stereocenters. The lowest BCUT2D eigenvalue weighted by atomic mass is 9.70. The quantitative estimate of drug-likeness (QED) is 0.818. The van der Waals surface area contributed by atoms with Crippen molar-refractivity contribution >= 4 is 17.3 Å². The maximum Gasteiger partial charge on any atom is 0.143 e. The van der Waals surface area contributed by atoms with Crippen LogP contribution in [0.1, 0.15) is 45.6 Å². The van der Waals surface area contributed by atoms with E-state index in [2.05, 4.69) is 32.2 Å². The molecule has 0 bridgehead atoms. The summed E-state index contributed by atoms with van der Waals surface area (Å²) in [5.41, 5.74) is 2.61. The van der Waals surface area contributed by atoms with Crippen LogP contribution in [0.2, 0.25) is 5.02 Å². The maximum absolute atomic E-state index is 6.17. The van der Waals surface area contributed by atoms with Gasteiger partial charge in [0.05, 0.1) is 12.8 Å². The van der Waals surface area contributed by atoms with E-state index < -0.39 is 0 Å². The second-order valence-electron chi connectivity index (χ2n) is 6.94. The predicted molar refractivity (Wildman–Crippen MR) is 86.9 cm³/mol. The van der Waals surface area contributed by atoms with Gasteiger partial charge in [-0.05, 0) is 49.1 Å². The Morgan fingerprint density at radius 1 is 1.35 bits per heavy atom. The third kappa shape index (κ3) is 3.41. The molecule has 0 aliphatic heterocycles. The van der Waals surface area contributed by atoms with Crippen molar-refractivity contribution in [1.82, 2.24) is 0 Å². The summed E-state index contributed by atoms with van der Waals surface area (Å²) in [7, 11) is 1.69. The van der Waals surface area contributed by atoms with Gasteiger partial charge in [0.25, 0.3) is 0 Å². The van der Waals surface area contributed by atoms with Gasteiger partial charge in [0.1, 0.15) is 5.75 Å². The molecule has 2 rings (SSSR count). The number of methoxy groups -OCH3 is 1. The first kappa shape index (κ1) is 15.5. The lowest BCUT2D eigenvalue weighted by Crippen LogP contribution is -2.36. The molecule has 0 aromatic heterocycles. The average molecular weight is 296 g/mol. The molecule has 1 N–H and O–H groups in total. The molecule has 0 saturated heterocycles. The molecule has 1 aliphatic carbocycles. The molecule has 1 fully saturated rings. The summed E-state index contributed by atoms with van der Waals surface area (Å²) in [6.45, 7) is 9.10. The van der Waals surface area contributed by atoms with Gasteiger partial charge in [-0.2, -0.15) is 0 Å². The highest BCUT2D eigenvalue weighted by Gasteiger charge is 2.32. The van der Waals surface area contributed by atoms with Crippen molar-refractivity contribution in [3.05, 3.63) is 22.7 Å². The second kappa shape index (κ2) is 5.85. The van der Waals surface area contributed by atoms with Crippen molar-refractivity contribution in [2.24, 2.45) is 11.3 Å². The first-order valence-electron chi connectivity index (χ1n) is 7.43. The molecule has 0 heterocycles. The fourth-order valence-corrected chi connectivity index (χ4v) is 3.46. The fourth-order valence-electron chi connectivity index (χ4n) is 3.31. The summed E-state index contributed by atoms with van der Waals surface area (Å²) in [4.78, 5) is 0. The van der Waals surface area contributed by atoms with Crippen LogP contribution in [0.15, 0.2) is 12.1 Å². The number of aryl methyl sites for hydroxylation is 1. The molecular formula is C17H26ClNO. The number of rotatable bonds is 3. The summed E-state index contributed by atoms with van der Waals surface area (Å²) in [6.07, 6.45) is 3.74. The molecule has 1 aromatic carbocycles. The van der Waals surface area contributed by atoms with E-state index >= 15 is 0 Å². The first-order chi connectivity index (χ1) is 9.32. The van der Waals surface area contributed by atoms with Gasteiger partial charge in [-0.1, -0.05) is 32.4 Å². The second-order valence-corrected chi connectivity index (χ2v) is 7.34. The van der Waals surface area contributed by atoms with E-state index in [1.807, 2.05) is 13.0 Å². The van der Waals surface area contributed by atoms with Crippen molar-refractivity contribution in [3.8, 4) is 5.75 Å². The van der Waals surface area contributed by atoms with Gasteiger partial charge >= 0.3 is 0 Å². The van der Waals surface area contributed by atoms with Gasteiger partial charge in [-0.15, -0.1) is 0 Å². The van der Waals surface area contributed by atoms with Crippen LogP contribution in [-0.2, 0) is 0 Å². The van der Waals surface area contributed by atoms with Crippen LogP contribution in [-0.4, -0.2) is 13.2 Å². The fraction of sp³-hybridized carbons (Fsp3) is 0.647. The van der Waals surface area contributed by atoms with Crippen LogP contribution in [0.3, 0.4) is 0 Å². The number of ether oxygens (including phenoxy) is 1. The highest BCUT2D eigenvalue weighted by atomic mass is 35.5. The smallest absolute Gasteiger partial charge is 0.143 e. The molecule has 2 unspecified atom stereocenters. The van der Waals surface area contributed by atoms with Crippen LogP contribution in [0, 0.1) is 18.3 Å². The third-order valence-corrected chi connectivity index (χ3v) is 4.92. The lowest BCUT2D eigenvalue weighted by molar-refractivity contribution is 0.177. The Hall–Kier alpha value is -0.890. The normalized spacial score (nSPS) is 25.3. The SMILES string of the molecule is COc1cc(Cl)c(C)cc1NC1CCC(C)(C)CC1C. The third-order valence-electron chi connectivity index (χ3n) is 4.52. The topological polar surface area (TPSA) is 21.3 Å². The minimum atomic E-state index is 0.470. The highest BCUT2D eigenvalue weighted by molar-refractivity contribution is 6.31. The minimum Gasteiger partial charge on any atom is -0.495 e. The monoisotopic (exact) mass is 295 g/mol. The molecular weight excluding hydrogens is 270 g/mol. The first-order valence-corrected chi connectivity index (χ1v) is 7.81. The molecule has 1 aromatic rings. The van der Waals surface area contributed by atoms with Crippen molar-refractivity contribution in [2.75, 3.05) is 12.4 Å². The van der Waals surface area contributed by atoms with E-state index in [9.17, 15) is 0 Å². The van der Waals surface area contributed by atoms with E-state index in [0.29, 0.717) is 17.4 Å². The zero-order chi connectivity index (χ0) is 14.9. The van der Waals surface area contributed by atoms with E-state index in [-0.39, 0.29) is 0 Å². The Labute approximate surface area is 127 Å². The summed E-state index contributed by atoms with van der Waals surface area (Å²) in [5.74, 6) is 1.50. The van der Waals surface area contributed by atoms with E-state index in [1.165, 1.54) is 19.3 Å². The van der Waals surface area contributed by atoms with Gasteiger partial charge in [0.15, 0.2) is 0 Å². The number of benzene rings is 1. The Kier molecular flexibility index (Phi) is 4.53. The molecule has 0 amide bonds. The minimum absolute atomic E-state index is 0.470. The number of nitrogens with one attached hydrogen (secondary N) is 1. The molecule has 1 aliphatic rings.